The number of aliphatic carboxylic acids is 1. The third-order valence-corrected chi connectivity index (χ3v) is 5.73. The molecule has 0 saturated carbocycles. The van der Waals surface area contributed by atoms with Crippen molar-refractivity contribution in [3.63, 3.8) is 0 Å². The molecule has 1 N–H and O–H groups in total. The van der Waals surface area contributed by atoms with Gasteiger partial charge < -0.3 is 9.84 Å². The molecule has 150 valence electrons. The summed E-state index contributed by atoms with van der Waals surface area (Å²) in [7, 11) is 0. The SMILES string of the molecule is CC1=NC(C)=C(C(=O)OCC=Cc2cccs2)C(c2cccc(Cl)c2)C1C(=O)O. The Morgan fingerprint density at radius 3 is 2.72 bits per heavy atom. The van der Waals surface area contributed by atoms with Crippen LogP contribution in [0.4, 0.5) is 0 Å². The maximum Gasteiger partial charge on any atom is 0.336 e. The minimum absolute atomic E-state index is 0.0796. The predicted octanol–water partition coefficient (Wildman–Crippen LogP) is 5.19. The van der Waals surface area contributed by atoms with Crippen LogP contribution in [0.2, 0.25) is 5.02 Å². The molecule has 1 aromatic heterocycles. The molecule has 0 spiro atoms. The number of aliphatic imine (C=N–C) groups is 1. The Bertz CT molecular complexity index is 1010. The number of thiophene rings is 1. The van der Waals surface area contributed by atoms with Crippen molar-refractivity contribution < 1.29 is 19.4 Å². The Balaban J connectivity index is 1.90. The number of carbonyl (C=O) groups is 2. The van der Waals surface area contributed by atoms with Crippen molar-refractivity contribution in [3.05, 3.63) is 74.6 Å². The standard InChI is InChI=1S/C22H20ClNO4S/c1-13-18(21(25)26)20(15-6-3-7-16(23)12-15)19(14(2)24-13)22(27)28-10-4-8-17-9-5-11-29-17/h3-9,11-12,18,20H,10H2,1-2H3,(H,25,26). The number of allylic oxidation sites excluding steroid dienone is 1. The van der Waals surface area contributed by atoms with Crippen LogP contribution >= 0.6 is 22.9 Å². The zero-order chi connectivity index (χ0) is 21.0. The number of halogens is 1. The van der Waals surface area contributed by atoms with Gasteiger partial charge in [0.15, 0.2) is 0 Å². The van der Waals surface area contributed by atoms with E-state index in [0.29, 0.717) is 22.0 Å². The van der Waals surface area contributed by atoms with Gasteiger partial charge >= 0.3 is 11.9 Å². The molecular weight excluding hydrogens is 410 g/mol. The molecule has 29 heavy (non-hydrogen) atoms. The van der Waals surface area contributed by atoms with Crippen LogP contribution in [0, 0.1) is 5.92 Å². The first-order valence-corrected chi connectivity index (χ1v) is 10.3. The second-order valence-electron chi connectivity index (χ2n) is 6.62. The van der Waals surface area contributed by atoms with Crippen LogP contribution in [-0.2, 0) is 14.3 Å². The number of hydrogen-bond donors (Lipinski definition) is 1. The van der Waals surface area contributed by atoms with E-state index in [1.54, 1.807) is 55.5 Å². The third kappa shape index (κ3) is 4.83. The van der Waals surface area contributed by atoms with Gasteiger partial charge in [-0.3, -0.25) is 9.79 Å². The first-order chi connectivity index (χ1) is 13.9. The van der Waals surface area contributed by atoms with Gasteiger partial charge in [0.2, 0.25) is 0 Å². The molecule has 0 aliphatic carbocycles. The Labute approximate surface area is 178 Å². The van der Waals surface area contributed by atoms with Crippen LogP contribution in [0.1, 0.15) is 30.2 Å². The fraction of sp³-hybridized carbons (Fsp3) is 0.227. The van der Waals surface area contributed by atoms with Crippen molar-refractivity contribution in [1.82, 2.24) is 0 Å². The van der Waals surface area contributed by atoms with Crippen molar-refractivity contribution >= 4 is 46.7 Å². The predicted molar refractivity (Wildman–Crippen MR) is 115 cm³/mol. The summed E-state index contributed by atoms with van der Waals surface area (Å²) in [6.45, 7) is 3.43. The minimum Gasteiger partial charge on any atom is -0.481 e. The van der Waals surface area contributed by atoms with E-state index < -0.39 is 23.8 Å². The van der Waals surface area contributed by atoms with Gasteiger partial charge in [0, 0.05) is 27.2 Å². The summed E-state index contributed by atoms with van der Waals surface area (Å²) in [6, 6.07) is 10.8. The highest BCUT2D eigenvalue weighted by Gasteiger charge is 2.41. The van der Waals surface area contributed by atoms with Crippen molar-refractivity contribution in [2.24, 2.45) is 10.9 Å². The van der Waals surface area contributed by atoms with E-state index in [-0.39, 0.29) is 12.2 Å². The second-order valence-corrected chi connectivity index (χ2v) is 8.03. The third-order valence-electron chi connectivity index (χ3n) is 4.66. The number of hydrogen-bond acceptors (Lipinski definition) is 5. The van der Waals surface area contributed by atoms with Gasteiger partial charge in [0.25, 0.3) is 0 Å². The fourth-order valence-corrected chi connectivity index (χ4v) is 4.28. The first-order valence-electron chi connectivity index (χ1n) is 9.00. The van der Waals surface area contributed by atoms with Crippen molar-refractivity contribution in [2.75, 3.05) is 6.61 Å². The summed E-state index contributed by atoms with van der Waals surface area (Å²) in [5, 5.41) is 12.2. The van der Waals surface area contributed by atoms with Gasteiger partial charge in [0.05, 0.1) is 5.57 Å². The molecule has 1 aromatic carbocycles. The maximum atomic E-state index is 12.9. The smallest absolute Gasteiger partial charge is 0.336 e. The maximum absolute atomic E-state index is 12.9. The Morgan fingerprint density at radius 1 is 1.28 bits per heavy atom. The van der Waals surface area contributed by atoms with Crippen LogP contribution in [-0.4, -0.2) is 29.4 Å². The summed E-state index contributed by atoms with van der Waals surface area (Å²) >= 11 is 7.71. The van der Waals surface area contributed by atoms with Gasteiger partial charge in [-0.15, -0.1) is 11.3 Å². The summed E-state index contributed by atoms with van der Waals surface area (Å²) in [5.41, 5.74) is 1.78. The number of ether oxygens (including phenoxy) is 1. The number of carbonyl (C=O) groups excluding carboxylic acids is 1. The number of carboxylic acids is 1. The molecule has 1 aliphatic rings. The molecule has 0 radical (unpaired) electrons. The molecule has 2 aromatic rings. The van der Waals surface area contributed by atoms with Gasteiger partial charge in [-0.05, 0) is 55.1 Å². The lowest BCUT2D eigenvalue weighted by Crippen LogP contribution is -2.35. The van der Waals surface area contributed by atoms with E-state index in [0.717, 1.165) is 4.88 Å². The highest BCUT2D eigenvalue weighted by molar-refractivity contribution is 7.10. The molecule has 2 atom stereocenters. The number of esters is 1. The molecule has 3 rings (SSSR count). The van der Waals surface area contributed by atoms with Crippen molar-refractivity contribution in [1.29, 1.82) is 0 Å². The number of rotatable bonds is 6. The van der Waals surface area contributed by atoms with E-state index >= 15 is 0 Å². The lowest BCUT2D eigenvalue weighted by atomic mass is 9.75. The van der Waals surface area contributed by atoms with Crippen LogP contribution in [0.5, 0.6) is 0 Å². The normalized spacial score (nSPS) is 19.3. The Kier molecular flexibility index (Phi) is 6.67. The summed E-state index contributed by atoms with van der Waals surface area (Å²) in [6.07, 6.45) is 3.62. The Morgan fingerprint density at radius 2 is 2.07 bits per heavy atom. The van der Waals surface area contributed by atoms with Crippen molar-refractivity contribution in [3.8, 4) is 0 Å². The van der Waals surface area contributed by atoms with E-state index in [4.69, 9.17) is 16.3 Å². The van der Waals surface area contributed by atoms with E-state index in [9.17, 15) is 14.7 Å². The minimum atomic E-state index is -1.05. The van der Waals surface area contributed by atoms with E-state index in [1.807, 2.05) is 23.6 Å². The molecule has 0 bridgehead atoms. The lowest BCUT2D eigenvalue weighted by molar-refractivity contribution is -0.140. The number of carboxylic acid groups (broad SMARTS) is 1. The average Bonchev–Trinajstić information content (AvgIpc) is 3.17. The fourth-order valence-electron chi connectivity index (χ4n) is 3.43. The zero-order valence-electron chi connectivity index (χ0n) is 16.0. The van der Waals surface area contributed by atoms with Crippen LogP contribution < -0.4 is 0 Å². The lowest BCUT2D eigenvalue weighted by Gasteiger charge is -2.30. The molecule has 7 heteroatoms. The summed E-state index contributed by atoms with van der Waals surface area (Å²) in [4.78, 5) is 30.3. The van der Waals surface area contributed by atoms with E-state index in [1.165, 1.54) is 0 Å². The topological polar surface area (TPSA) is 76.0 Å². The molecule has 0 fully saturated rings. The molecule has 2 unspecified atom stereocenters. The Hall–Kier alpha value is -2.70. The van der Waals surface area contributed by atoms with Gasteiger partial charge in [0.1, 0.15) is 12.5 Å². The monoisotopic (exact) mass is 429 g/mol. The summed E-state index contributed by atoms with van der Waals surface area (Å²) in [5.74, 6) is -3.32. The first kappa shape index (κ1) is 21.0. The number of benzene rings is 1. The second kappa shape index (κ2) is 9.20. The molecular formula is C22H20ClNO4S. The van der Waals surface area contributed by atoms with E-state index in [2.05, 4.69) is 4.99 Å². The van der Waals surface area contributed by atoms with Gasteiger partial charge in [-0.25, -0.2) is 4.79 Å². The molecule has 0 saturated heterocycles. The van der Waals surface area contributed by atoms with Gasteiger partial charge in [-0.1, -0.05) is 29.8 Å². The van der Waals surface area contributed by atoms with Gasteiger partial charge in [-0.2, -0.15) is 0 Å². The largest absolute Gasteiger partial charge is 0.481 e. The average molecular weight is 430 g/mol. The van der Waals surface area contributed by atoms with Crippen LogP contribution in [0.3, 0.4) is 0 Å². The zero-order valence-corrected chi connectivity index (χ0v) is 17.5. The molecule has 5 nitrogen and oxygen atoms in total. The summed E-state index contributed by atoms with van der Waals surface area (Å²) < 4.78 is 5.42. The number of nitrogens with zero attached hydrogens (tertiary/aromatic N) is 1. The van der Waals surface area contributed by atoms with Crippen LogP contribution in [0.15, 0.2) is 64.1 Å². The highest BCUT2D eigenvalue weighted by Crippen LogP contribution is 2.40. The molecule has 0 amide bonds. The van der Waals surface area contributed by atoms with Crippen LogP contribution in [0.25, 0.3) is 6.08 Å². The van der Waals surface area contributed by atoms with Crippen molar-refractivity contribution in [2.45, 2.75) is 19.8 Å². The highest BCUT2D eigenvalue weighted by atomic mass is 35.5. The quantitative estimate of drug-likeness (QED) is 0.641. The molecule has 1 aliphatic heterocycles. The molecule has 2 heterocycles.